The number of aryl methyl sites for hydroxylation is 3. The Bertz CT molecular complexity index is 737. The van der Waals surface area contributed by atoms with Gasteiger partial charge in [0.15, 0.2) is 5.82 Å². The van der Waals surface area contributed by atoms with E-state index in [0.29, 0.717) is 11.6 Å². The van der Waals surface area contributed by atoms with E-state index in [9.17, 15) is 4.79 Å². The first-order chi connectivity index (χ1) is 11.9. The lowest BCUT2D eigenvalue weighted by molar-refractivity contribution is -0.122. The number of carbonyl (C=O) groups excluding carboxylic acids is 1. The van der Waals surface area contributed by atoms with Gasteiger partial charge in [-0.1, -0.05) is 11.6 Å². The first kappa shape index (κ1) is 17.6. The standard InChI is InChI=1S/C17H26N6O2/c1-11-9-16(21-25-11)19-17(24)12(2)22-8-6-5-7-15(22)10-23-14(4)18-13(3)20-23/h9,12,15H,5-8,10H2,1-4H3,(H,19,21,24). The van der Waals surface area contributed by atoms with Crippen LogP contribution in [-0.2, 0) is 11.3 Å². The molecule has 2 atom stereocenters. The number of nitrogens with zero attached hydrogens (tertiary/aromatic N) is 5. The van der Waals surface area contributed by atoms with E-state index in [0.717, 1.165) is 37.6 Å². The minimum atomic E-state index is -0.243. The van der Waals surface area contributed by atoms with E-state index in [-0.39, 0.29) is 18.0 Å². The predicted molar refractivity (Wildman–Crippen MR) is 93.2 cm³/mol. The number of hydrogen-bond donors (Lipinski definition) is 1. The molecule has 1 aliphatic heterocycles. The summed E-state index contributed by atoms with van der Waals surface area (Å²) in [6.45, 7) is 9.28. The molecule has 136 valence electrons. The molecule has 1 saturated heterocycles. The van der Waals surface area contributed by atoms with Gasteiger partial charge in [-0.2, -0.15) is 5.10 Å². The number of hydrogen-bond acceptors (Lipinski definition) is 6. The fourth-order valence-corrected chi connectivity index (χ4v) is 3.47. The van der Waals surface area contributed by atoms with E-state index in [2.05, 4.69) is 25.5 Å². The third-order valence-electron chi connectivity index (χ3n) is 4.78. The number of anilines is 1. The summed E-state index contributed by atoms with van der Waals surface area (Å²) in [6.07, 6.45) is 3.33. The second kappa shape index (κ2) is 7.35. The van der Waals surface area contributed by atoms with E-state index in [1.807, 2.05) is 25.5 Å². The SMILES string of the molecule is Cc1nc(C)n(CC2CCCCN2C(C)C(=O)Nc2cc(C)on2)n1. The molecule has 0 aromatic carbocycles. The van der Waals surface area contributed by atoms with Crippen LogP contribution >= 0.6 is 0 Å². The van der Waals surface area contributed by atoms with Gasteiger partial charge in [0.25, 0.3) is 0 Å². The Morgan fingerprint density at radius 3 is 2.84 bits per heavy atom. The van der Waals surface area contributed by atoms with Crippen LogP contribution in [0.15, 0.2) is 10.6 Å². The monoisotopic (exact) mass is 346 g/mol. The largest absolute Gasteiger partial charge is 0.360 e. The summed E-state index contributed by atoms with van der Waals surface area (Å²) in [5.74, 6) is 2.78. The van der Waals surface area contributed by atoms with Crippen molar-refractivity contribution in [2.75, 3.05) is 11.9 Å². The summed E-state index contributed by atoms with van der Waals surface area (Å²) in [6, 6.07) is 1.75. The molecule has 3 heterocycles. The summed E-state index contributed by atoms with van der Waals surface area (Å²) < 4.78 is 6.96. The molecule has 3 rings (SSSR count). The van der Waals surface area contributed by atoms with E-state index in [4.69, 9.17) is 4.52 Å². The lowest BCUT2D eigenvalue weighted by Gasteiger charge is -2.39. The Morgan fingerprint density at radius 1 is 1.40 bits per heavy atom. The molecule has 2 aromatic rings. The molecule has 0 aliphatic carbocycles. The maximum Gasteiger partial charge on any atom is 0.242 e. The smallest absolute Gasteiger partial charge is 0.242 e. The Balaban J connectivity index is 1.68. The molecule has 1 aliphatic rings. The fourth-order valence-electron chi connectivity index (χ4n) is 3.47. The number of carbonyl (C=O) groups is 1. The number of piperidine rings is 1. The Hall–Kier alpha value is -2.22. The van der Waals surface area contributed by atoms with Crippen molar-refractivity contribution in [3.63, 3.8) is 0 Å². The topological polar surface area (TPSA) is 89.1 Å². The maximum atomic E-state index is 12.6. The van der Waals surface area contributed by atoms with Crippen LogP contribution in [0.3, 0.4) is 0 Å². The lowest BCUT2D eigenvalue weighted by Crippen LogP contribution is -2.51. The molecule has 1 N–H and O–H groups in total. The number of aromatic nitrogens is 4. The molecule has 25 heavy (non-hydrogen) atoms. The zero-order valence-corrected chi connectivity index (χ0v) is 15.3. The van der Waals surface area contributed by atoms with Crippen LogP contribution in [0.2, 0.25) is 0 Å². The first-order valence-electron chi connectivity index (χ1n) is 8.82. The van der Waals surface area contributed by atoms with E-state index >= 15 is 0 Å². The van der Waals surface area contributed by atoms with Crippen LogP contribution in [-0.4, -0.2) is 49.4 Å². The summed E-state index contributed by atoms with van der Waals surface area (Å²) in [5.41, 5.74) is 0. The van der Waals surface area contributed by atoms with Crippen molar-refractivity contribution < 1.29 is 9.32 Å². The normalized spacial score (nSPS) is 19.8. The molecule has 1 amide bonds. The second-order valence-corrected chi connectivity index (χ2v) is 6.76. The third kappa shape index (κ3) is 4.07. The van der Waals surface area contributed by atoms with Crippen molar-refractivity contribution >= 4 is 11.7 Å². The van der Waals surface area contributed by atoms with Crippen molar-refractivity contribution in [3.8, 4) is 0 Å². The molecule has 8 heteroatoms. The first-order valence-corrected chi connectivity index (χ1v) is 8.82. The van der Waals surface area contributed by atoms with Crippen LogP contribution in [0.5, 0.6) is 0 Å². The van der Waals surface area contributed by atoms with E-state index in [1.165, 1.54) is 6.42 Å². The number of amides is 1. The highest BCUT2D eigenvalue weighted by Gasteiger charge is 2.31. The number of likely N-dealkylation sites (tertiary alicyclic amines) is 1. The Morgan fingerprint density at radius 2 is 2.20 bits per heavy atom. The van der Waals surface area contributed by atoms with Gasteiger partial charge in [-0.05, 0) is 47.1 Å². The highest BCUT2D eigenvalue weighted by Crippen LogP contribution is 2.22. The van der Waals surface area contributed by atoms with Gasteiger partial charge in [-0.3, -0.25) is 9.69 Å². The lowest BCUT2D eigenvalue weighted by atomic mass is 9.99. The van der Waals surface area contributed by atoms with Crippen LogP contribution in [0.1, 0.15) is 43.6 Å². The molecular formula is C17H26N6O2. The third-order valence-corrected chi connectivity index (χ3v) is 4.78. The van der Waals surface area contributed by atoms with Crippen molar-refractivity contribution in [3.05, 3.63) is 23.5 Å². The van der Waals surface area contributed by atoms with E-state index in [1.54, 1.807) is 13.0 Å². The zero-order valence-electron chi connectivity index (χ0n) is 15.3. The summed E-state index contributed by atoms with van der Waals surface area (Å²) in [7, 11) is 0. The maximum absolute atomic E-state index is 12.6. The molecule has 0 radical (unpaired) electrons. The van der Waals surface area contributed by atoms with Crippen molar-refractivity contribution in [2.45, 2.75) is 65.6 Å². The summed E-state index contributed by atoms with van der Waals surface area (Å²) >= 11 is 0. The van der Waals surface area contributed by atoms with Gasteiger partial charge in [0.05, 0.1) is 12.6 Å². The van der Waals surface area contributed by atoms with Gasteiger partial charge in [0, 0.05) is 12.1 Å². The molecule has 0 spiro atoms. The van der Waals surface area contributed by atoms with Crippen molar-refractivity contribution in [2.24, 2.45) is 0 Å². The highest BCUT2D eigenvalue weighted by atomic mass is 16.5. The Labute approximate surface area is 147 Å². The zero-order chi connectivity index (χ0) is 18.0. The predicted octanol–water partition coefficient (Wildman–Crippen LogP) is 2.07. The highest BCUT2D eigenvalue weighted by molar-refractivity contribution is 5.93. The minimum Gasteiger partial charge on any atom is -0.360 e. The number of nitrogens with one attached hydrogen (secondary N) is 1. The van der Waals surface area contributed by atoms with Crippen LogP contribution in [0.4, 0.5) is 5.82 Å². The molecule has 8 nitrogen and oxygen atoms in total. The second-order valence-electron chi connectivity index (χ2n) is 6.76. The van der Waals surface area contributed by atoms with Crippen LogP contribution in [0, 0.1) is 20.8 Å². The van der Waals surface area contributed by atoms with Crippen molar-refractivity contribution in [1.82, 2.24) is 24.8 Å². The van der Waals surface area contributed by atoms with Gasteiger partial charge in [-0.25, -0.2) is 9.67 Å². The average molecular weight is 346 g/mol. The summed E-state index contributed by atoms with van der Waals surface area (Å²) in [4.78, 5) is 19.3. The molecule has 0 saturated carbocycles. The van der Waals surface area contributed by atoms with E-state index < -0.39 is 0 Å². The van der Waals surface area contributed by atoms with Gasteiger partial charge in [-0.15, -0.1) is 0 Å². The quantitative estimate of drug-likeness (QED) is 0.891. The van der Waals surface area contributed by atoms with Crippen LogP contribution < -0.4 is 5.32 Å². The van der Waals surface area contributed by atoms with Gasteiger partial charge in [0.1, 0.15) is 17.4 Å². The van der Waals surface area contributed by atoms with Gasteiger partial charge in [0.2, 0.25) is 5.91 Å². The average Bonchev–Trinajstić information content (AvgIpc) is 3.12. The van der Waals surface area contributed by atoms with Gasteiger partial charge < -0.3 is 9.84 Å². The Kier molecular flexibility index (Phi) is 5.17. The molecule has 2 aromatic heterocycles. The van der Waals surface area contributed by atoms with Gasteiger partial charge >= 0.3 is 0 Å². The fraction of sp³-hybridized carbons (Fsp3) is 0.647. The molecule has 2 unspecified atom stereocenters. The summed E-state index contributed by atoms with van der Waals surface area (Å²) in [5, 5.41) is 11.1. The van der Waals surface area contributed by atoms with Crippen molar-refractivity contribution in [1.29, 1.82) is 0 Å². The molecule has 1 fully saturated rings. The molecule has 0 bridgehead atoms. The molecular weight excluding hydrogens is 320 g/mol. The minimum absolute atomic E-state index is 0.0632. The number of rotatable bonds is 5. The van der Waals surface area contributed by atoms with Crippen LogP contribution in [0.25, 0.3) is 0 Å².